The number of fused-ring (bicyclic) bond motifs is 1. The molecule has 170 valence electrons. The Morgan fingerprint density at radius 2 is 1.76 bits per heavy atom. The Morgan fingerprint density at radius 3 is 2.62 bits per heavy atom. The number of amides is 1. The quantitative estimate of drug-likeness (QED) is 0.435. The van der Waals surface area contributed by atoms with Gasteiger partial charge < -0.3 is 24.3 Å². The second kappa shape index (κ2) is 9.50. The molecule has 0 radical (unpaired) electrons. The lowest BCUT2D eigenvalue weighted by atomic mass is 10.1. The number of carbonyl (C=O) groups excluding carboxylic acids is 1. The van der Waals surface area contributed by atoms with E-state index in [1.54, 1.807) is 37.4 Å². The Hall–Kier alpha value is -4.59. The minimum atomic E-state index is -0.189. The number of hydrogen-bond acceptors (Lipinski definition) is 7. The molecule has 0 bridgehead atoms. The molecule has 0 atom stereocenters. The first-order valence-corrected chi connectivity index (χ1v) is 10.6. The highest BCUT2D eigenvalue weighted by Gasteiger charge is 2.14. The Labute approximate surface area is 196 Å². The van der Waals surface area contributed by atoms with Gasteiger partial charge in [0.2, 0.25) is 12.7 Å². The Kier molecular flexibility index (Phi) is 5.94. The van der Waals surface area contributed by atoms with E-state index in [0.29, 0.717) is 46.7 Å². The molecule has 0 aliphatic carbocycles. The number of hydrogen-bond donors (Lipinski definition) is 1. The summed E-state index contributed by atoms with van der Waals surface area (Å²) in [6, 6.07) is 23.6. The lowest BCUT2D eigenvalue weighted by molar-refractivity contribution is 0.0951. The van der Waals surface area contributed by atoms with Crippen LogP contribution < -0.4 is 24.3 Å². The molecule has 34 heavy (non-hydrogen) atoms. The average molecular weight is 455 g/mol. The van der Waals surface area contributed by atoms with Gasteiger partial charge in [0, 0.05) is 29.8 Å². The van der Waals surface area contributed by atoms with Crippen LogP contribution in [0.25, 0.3) is 11.3 Å². The molecular formula is C26H21N3O5. The summed E-state index contributed by atoms with van der Waals surface area (Å²) in [6.45, 7) is 0.588. The topological polar surface area (TPSA) is 91.8 Å². The number of carbonyl (C=O) groups is 1. The molecule has 0 fully saturated rings. The van der Waals surface area contributed by atoms with Crippen LogP contribution in [0.2, 0.25) is 0 Å². The Morgan fingerprint density at radius 1 is 0.912 bits per heavy atom. The summed E-state index contributed by atoms with van der Waals surface area (Å²) in [4.78, 5) is 12.7. The van der Waals surface area contributed by atoms with Gasteiger partial charge in [-0.15, -0.1) is 10.2 Å². The first kappa shape index (κ1) is 21.3. The second-order valence-corrected chi connectivity index (χ2v) is 7.49. The van der Waals surface area contributed by atoms with Gasteiger partial charge in [0.15, 0.2) is 11.5 Å². The highest BCUT2D eigenvalue weighted by molar-refractivity contribution is 5.95. The zero-order chi connectivity index (χ0) is 23.3. The highest BCUT2D eigenvalue weighted by Crippen LogP contribution is 2.32. The fourth-order valence-electron chi connectivity index (χ4n) is 3.47. The van der Waals surface area contributed by atoms with E-state index in [1.165, 1.54) is 0 Å². The summed E-state index contributed by atoms with van der Waals surface area (Å²) in [5.74, 6) is 2.85. The molecule has 4 aromatic rings. The summed E-state index contributed by atoms with van der Waals surface area (Å²) >= 11 is 0. The van der Waals surface area contributed by atoms with Crippen LogP contribution in [-0.2, 0) is 6.54 Å². The van der Waals surface area contributed by atoms with E-state index in [1.807, 2.05) is 48.5 Å². The minimum absolute atomic E-state index is 0.189. The Balaban J connectivity index is 1.24. The van der Waals surface area contributed by atoms with Gasteiger partial charge in [0.1, 0.15) is 11.5 Å². The van der Waals surface area contributed by atoms with Crippen molar-refractivity contribution in [2.45, 2.75) is 6.54 Å². The molecule has 1 aliphatic rings. The van der Waals surface area contributed by atoms with Crippen molar-refractivity contribution in [3.8, 4) is 40.1 Å². The van der Waals surface area contributed by atoms with Crippen molar-refractivity contribution in [2.24, 2.45) is 0 Å². The van der Waals surface area contributed by atoms with E-state index in [9.17, 15) is 4.79 Å². The lowest BCUT2D eigenvalue weighted by Gasteiger charge is -2.08. The zero-order valence-electron chi connectivity index (χ0n) is 18.4. The van der Waals surface area contributed by atoms with E-state index in [-0.39, 0.29) is 12.7 Å². The number of methoxy groups -OCH3 is 1. The molecule has 8 heteroatoms. The fraction of sp³-hybridized carbons (Fsp3) is 0.115. The normalized spacial score (nSPS) is 11.7. The SMILES string of the molecule is COc1cccc(Oc2ccc(-c3cccc(C(=O)NCc4ccc5c(c4)OCO5)c3)nn2)c1. The first-order valence-electron chi connectivity index (χ1n) is 10.6. The van der Waals surface area contributed by atoms with Crippen LogP contribution in [0, 0.1) is 0 Å². The molecule has 1 aromatic heterocycles. The van der Waals surface area contributed by atoms with Gasteiger partial charge in [-0.25, -0.2) is 0 Å². The summed E-state index contributed by atoms with van der Waals surface area (Å²) in [5.41, 5.74) is 2.85. The number of benzene rings is 3. The van der Waals surface area contributed by atoms with E-state index in [0.717, 1.165) is 11.1 Å². The maximum absolute atomic E-state index is 12.7. The molecule has 0 spiro atoms. The summed E-state index contributed by atoms with van der Waals surface area (Å²) in [7, 11) is 1.60. The molecule has 1 aliphatic heterocycles. The van der Waals surface area contributed by atoms with Gasteiger partial charge in [0.25, 0.3) is 5.91 Å². The summed E-state index contributed by atoms with van der Waals surface area (Å²) in [6.07, 6.45) is 0. The van der Waals surface area contributed by atoms with Crippen LogP contribution in [0.4, 0.5) is 0 Å². The molecule has 5 rings (SSSR count). The third-order valence-electron chi connectivity index (χ3n) is 5.21. The maximum Gasteiger partial charge on any atom is 0.251 e. The zero-order valence-corrected chi connectivity index (χ0v) is 18.4. The van der Waals surface area contributed by atoms with Crippen molar-refractivity contribution in [3.05, 3.63) is 90.0 Å². The number of nitrogens with one attached hydrogen (secondary N) is 1. The van der Waals surface area contributed by atoms with E-state index in [4.69, 9.17) is 18.9 Å². The predicted octanol–water partition coefficient (Wildman–Crippen LogP) is 4.60. The minimum Gasteiger partial charge on any atom is -0.497 e. The van der Waals surface area contributed by atoms with Crippen LogP contribution in [0.15, 0.2) is 78.9 Å². The van der Waals surface area contributed by atoms with Gasteiger partial charge in [0.05, 0.1) is 12.8 Å². The van der Waals surface area contributed by atoms with Gasteiger partial charge in [-0.05, 0) is 48.0 Å². The fourth-order valence-corrected chi connectivity index (χ4v) is 3.47. The van der Waals surface area contributed by atoms with Crippen molar-refractivity contribution in [1.29, 1.82) is 0 Å². The van der Waals surface area contributed by atoms with Crippen molar-refractivity contribution in [1.82, 2.24) is 15.5 Å². The monoisotopic (exact) mass is 455 g/mol. The average Bonchev–Trinajstić information content (AvgIpc) is 3.36. The molecule has 8 nitrogen and oxygen atoms in total. The molecule has 2 heterocycles. The molecule has 3 aromatic carbocycles. The standard InChI is InChI=1S/C26H21N3O5/c1-31-20-6-3-7-21(14-20)34-25-11-9-22(28-29-25)18-4-2-5-19(13-18)26(30)27-15-17-8-10-23-24(12-17)33-16-32-23/h2-14H,15-16H2,1H3,(H,27,30). The van der Waals surface area contributed by atoms with Crippen LogP contribution in [0.1, 0.15) is 15.9 Å². The number of aromatic nitrogens is 2. The van der Waals surface area contributed by atoms with Crippen LogP contribution in [-0.4, -0.2) is 30.0 Å². The van der Waals surface area contributed by atoms with Crippen molar-refractivity contribution in [3.63, 3.8) is 0 Å². The number of nitrogens with zero attached hydrogens (tertiary/aromatic N) is 2. The van der Waals surface area contributed by atoms with Gasteiger partial charge in [-0.3, -0.25) is 4.79 Å². The third kappa shape index (κ3) is 4.75. The van der Waals surface area contributed by atoms with Gasteiger partial charge in [-0.2, -0.15) is 0 Å². The number of ether oxygens (including phenoxy) is 4. The molecular weight excluding hydrogens is 434 g/mol. The maximum atomic E-state index is 12.7. The molecule has 1 amide bonds. The lowest BCUT2D eigenvalue weighted by Crippen LogP contribution is -2.22. The summed E-state index contributed by atoms with van der Waals surface area (Å²) < 4.78 is 21.6. The highest BCUT2D eigenvalue weighted by atomic mass is 16.7. The molecule has 0 saturated carbocycles. The van der Waals surface area contributed by atoms with Crippen molar-refractivity contribution < 1.29 is 23.7 Å². The Bertz CT molecular complexity index is 1320. The van der Waals surface area contributed by atoms with E-state index in [2.05, 4.69) is 15.5 Å². The molecule has 1 N–H and O–H groups in total. The largest absolute Gasteiger partial charge is 0.497 e. The van der Waals surface area contributed by atoms with Crippen LogP contribution >= 0.6 is 0 Å². The smallest absolute Gasteiger partial charge is 0.251 e. The second-order valence-electron chi connectivity index (χ2n) is 7.49. The first-order chi connectivity index (χ1) is 16.7. The molecule has 0 saturated heterocycles. The summed E-state index contributed by atoms with van der Waals surface area (Å²) in [5, 5.41) is 11.3. The van der Waals surface area contributed by atoms with Gasteiger partial charge in [-0.1, -0.05) is 24.3 Å². The third-order valence-corrected chi connectivity index (χ3v) is 5.21. The van der Waals surface area contributed by atoms with Crippen molar-refractivity contribution in [2.75, 3.05) is 13.9 Å². The van der Waals surface area contributed by atoms with Crippen LogP contribution in [0.5, 0.6) is 28.9 Å². The van der Waals surface area contributed by atoms with Crippen LogP contribution in [0.3, 0.4) is 0 Å². The number of rotatable bonds is 7. The molecule has 0 unspecified atom stereocenters. The van der Waals surface area contributed by atoms with Crippen molar-refractivity contribution >= 4 is 5.91 Å². The predicted molar refractivity (Wildman–Crippen MR) is 124 cm³/mol. The van der Waals surface area contributed by atoms with E-state index < -0.39 is 0 Å². The van der Waals surface area contributed by atoms with Gasteiger partial charge >= 0.3 is 0 Å². The van der Waals surface area contributed by atoms with E-state index >= 15 is 0 Å².